The minimum atomic E-state index is 0.389. The number of hydrogen-bond acceptors (Lipinski definition) is 2. The third kappa shape index (κ3) is 3.37. The van der Waals surface area contributed by atoms with Gasteiger partial charge in [0.1, 0.15) is 0 Å². The lowest BCUT2D eigenvalue weighted by Gasteiger charge is -2.30. The SMILES string of the molecule is CC(C)(C)C1CCCN(c2ccccc2C=O)CC1. The van der Waals surface area contributed by atoms with Crippen molar-refractivity contribution in [1.29, 1.82) is 0 Å². The zero-order valence-corrected chi connectivity index (χ0v) is 12.4. The Morgan fingerprint density at radius 2 is 1.89 bits per heavy atom. The molecule has 0 aliphatic carbocycles. The van der Waals surface area contributed by atoms with E-state index in [2.05, 4.69) is 31.7 Å². The molecule has 0 spiro atoms. The molecule has 2 nitrogen and oxygen atoms in total. The predicted octanol–water partition coefficient (Wildman–Crippen LogP) is 4.15. The Labute approximate surface area is 116 Å². The topological polar surface area (TPSA) is 20.3 Å². The number of benzene rings is 1. The lowest BCUT2D eigenvalue weighted by atomic mass is 9.77. The van der Waals surface area contributed by atoms with Gasteiger partial charge in [-0.15, -0.1) is 0 Å². The lowest BCUT2D eigenvalue weighted by molar-refractivity contribution is 0.112. The second-order valence-corrected chi connectivity index (χ2v) is 6.66. The Kier molecular flexibility index (Phi) is 4.28. The van der Waals surface area contributed by atoms with Gasteiger partial charge in [-0.05, 0) is 42.7 Å². The van der Waals surface area contributed by atoms with Gasteiger partial charge in [-0.3, -0.25) is 4.79 Å². The lowest BCUT2D eigenvalue weighted by Crippen LogP contribution is -2.26. The summed E-state index contributed by atoms with van der Waals surface area (Å²) in [5.41, 5.74) is 2.31. The largest absolute Gasteiger partial charge is 0.371 e. The van der Waals surface area contributed by atoms with E-state index in [4.69, 9.17) is 0 Å². The van der Waals surface area contributed by atoms with Crippen molar-refractivity contribution in [2.75, 3.05) is 18.0 Å². The van der Waals surface area contributed by atoms with Crippen LogP contribution in [0.2, 0.25) is 0 Å². The average Bonchev–Trinajstić information content (AvgIpc) is 2.64. The van der Waals surface area contributed by atoms with Crippen LogP contribution in [0.5, 0.6) is 0 Å². The highest BCUT2D eigenvalue weighted by atomic mass is 16.1. The van der Waals surface area contributed by atoms with Crippen LogP contribution in [0.3, 0.4) is 0 Å². The van der Waals surface area contributed by atoms with Crippen molar-refractivity contribution in [2.24, 2.45) is 11.3 Å². The molecule has 19 heavy (non-hydrogen) atoms. The summed E-state index contributed by atoms with van der Waals surface area (Å²) in [6, 6.07) is 7.94. The fraction of sp³-hybridized carbons (Fsp3) is 0.588. The highest BCUT2D eigenvalue weighted by Gasteiger charge is 2.27. The molecule has 1 aliphatic heterocycles. The first-order chi connectivity index (χ1) is 9.02. The first-order valence-electron chi connectivity index (χ1n) is 7.31. The average molecular weight is 259 g/mol. The van der Waals surface area contributed by atoms with E-state index in [0.717, 1.165) is 36.5 Å². The standard InChI is InChI=1S/C17H25NO/c1-17(2,3)15-8-6-11-18(12-10-15)16-9-5-4-7-14(16)13-19/h4-5,7,9,13,15H,6,8,10-12H2,1-3H3. The monoisotopic (exact) mass is 259 g/mol. The van der Waals surface area contributed by atoms with Crippen molar-refractivity contribution in [1.82, 2.24) is 0 Å². The molecular formula is C17H25NO. The van der Waals surface area contributed by atoms with E-state index in [9.17, 15) is 4.79 Å². The number of carbonyl (C=O) groups excluding carboxylic acids is 1. The van der Waals surface area contributed by atoms with E-state index < -0.39 is 0 Å². The highest BCUT2D eigenvalue weighted by Crippen LogP contribution is 2.35. The maximum Gasteiger partial charge on any atom is 0.152 e. The zero-order valence-electron chi connectivity index (χ0n) is 12.4. The van der Waals surface area contributed by atoms with Crippen molar-refractivity contribution < 1.29 is 4.79 Å². The maximum absolute atomic E-state index is 11.2. The molecule has 0 N–H and O–H groups in total. The van der Waals surface area contributed by atoms with Crippen LogP contribution in [0.25, 0.3) is 0 Å². The van der Waals surface area contributed by atoms with Crippen LogP contribution < -0.4 is 4.90 Å². The highest BCUT2D eigenvalue weighted by molar-refractivity contribution is 5.84. The van der Waals surface area contributed by atoms with Gasteiger partial charge in [0, 0.05) is 24.3 Å². The van der Waals surface area contributed by atoms with Crippen LogP contribution in [-0.4, -0.2) is 19.4 Å². The van der Waals surface area contributed by atoms with E-state index in [1.807, 2.05) is 18.2 Å². The summed E-state index contributed by atoms with van der Waals surface area (Å²) in [5.74, 6) is 0.779. The normalized spacial score (nSPS) is 21.0. The fourth-order valence-corrected chi connectivity index (χ4v) is 3.08. The summed E-state index contributed by atoms with van der Waals surface area (Å²) in [5, 5.41) is 0. The third-order valence-corrected chi connectivity index (χ3v) is 4.36. The minimum absolute atomic E-state index is 0.389. The van der Waals surface area contributed by atoms with Gasteiger partial charge in [0.25, 0.3) is 0 Å². The van der Waals surface area contributed by atoms with Gasteiger partial charge < -0.3 is 4.90 Å². The number of rotatable bonds is 2. The number of anilines is 1. The number of para-hydroxylation sites is 1. The Bertz CT molecular complexity index is 433. The molecule has 0 bridgehead atoms. The molecule has 2 heteroatoms. The Hall–Kier alpha value is -1.31. The molecule has 1 aromatic rings. The number of carbonyl (C=O) groups is 1. The molecule has 1 aliphatic rings. The predicted molar refractivity (Wildman–Crippen MR) is 80.8 cm³/mol. The van der Waals surface area contributed by atoms with E-state index in [1.54, 1.807) is 0 Å². The second kappa shape index (κ2) is 5.77. The van der Waals surface area contributed by atoms with Gasteiger partial charge in [0.15, 0.2) is 6.29 Å². The van der Waals surface area contributed by atoms with E-state index in [0.29, 0.717) is 5.41 Å². The van der Waals surface area contributed by atoms with Gasteiger partial charge in [-0.1, -0.05) is 32.9 Å². The summed E-state index contributed by atoms with van der Waals surface area (Å²) >= 11 is 0. The van der Waals surface area contributed by atoms with E-state index in [-0.39, 0.29) is 0 Å². The van der Waals surface area contributed by atoms with Crippen LogP contribution >= 0.6 is 0 Å². The first kappa shape index (κ1) is 14.1. The molecule has 1 fully saturated rings. The summed E-state index contributed by atoms with van der Waals surface area (Å²) < 4.78 is 0. The number of nitrogens with zero attached hydrogens (tertiary/aromatic N) is 1. The quantitative estimate of drug-likeness (QED) is 0.744. The van der Waals surface area contributed by atoms with Gasteiger partial charge >= 0.3 is 0 Å². The molecule has 1 aromatic carbocycles. The molecule has 1 atom stereocenters. The maximum atomic E-state index is 11.2. The molecule has 0 radical (unpaired) electrons. The van der Waals surface area contributed by atoms with Crippen molar-refractivity contribution in [3.8, 4) is 0 Å². The van der Waals surface area contributed by atoms with Crippen LogP contribution in [-0.2, 0) is 0 Å². The molecule has 2 rings (SSSR count). The Morgan fingerprint density at radius 3 is 2.58 bits per heavy atom. The molecule has 1 saturated heterocycles. The van der Waals surface area contributed by atoms with Crippen molar-refractivity contribution in [2.45, 2.75) is 40.0 Å². The molecular weight excluding hydrogens is 234 g/mol. The van der Waals surface area contributed by atoms with E-state index in [1.165, 1.54) is 19.3 Å². The van der Waals surface area contributed by atoms with Gasteiger partial charge in [0.05, 0.1) is 0 Å². The Balaban J connectivity index is 2.13. The van der Waals surface area contributed by atoms with Crippen molar-refractivity contribution in [3.05, 3.63) is 29.8 Å². The summed E-state index contributed by atoms with van der Waals surface area (Å²) in [6.07, 6.45) is 4.70. The summed E-state index contributed by atoms with van der Waals surface area (Å²) in [4.78, 5) is 13.5. The van der Waals surface area contributed by atoms with Crippen LogP contribution in [0, 0.1) is 11.3 Å². The minimum Gasteiger partial charge on any atom is -0.371 e. The number of hydrogen-bond donors (Lipinski definition) is 0. The third-order valence-electron chi connectivity index (χ3n) is 4.36. The molecule has 1 heterocycles. The smallest absolute Gasteiger partial charge is 0.152 e. The number of aldehydes is 1. The molecule has 0 aromatic heterocycles. The first-order valence-corrected chi connectivity index (χ1v) is 7.31. The molecule has 0 amide bonds. The van der Waals surface area contributed by atoms with Crippen LogP contribution in [0.1, 0.15) is 50.4 Å². The van der Waals surface area contributed by atoms with E-state index >= 15 is 0 Å². The fourth-order valence-electron chi connectivity index (χ4n) is 3.08. The van der Waals surface area contributed by atoms with Crippen LogP contribution in [0.4, 0.5) is 5.69 Å². The molecule has 104 valence electrons. The Morgan fingerprint density at radius 1 is 1.16 bits per heavy atom. The van der Waals surface area contributed by atoms with Gasteiger partial charge in [-0.2, -0.15) is 0 Å². The van der Waals surface area contributed by atoms with Crippen LogP contribution in [0.15, 0.2) is 24.3 Å². The van der Waals surface area contributed by atoms with Crippen molar-refractivity contribution >= 4 is 12.0 Å². The van der Waals surface area contributed by atoms with Gasteiger partial charge in [0.2, 0.25) is 0 Å². The van der Waals surface area contributed by atoms with Crippen molar-refractivity contribution in [3.63, 3.8) is 0 Å². The molecule has 0 saturated carbocycles. The summed E-state index contributed by atoms with van der Waals surface area (Å²) in [7, 11) is 0. The zero-order chi connectivity index (χ0) is 13.9. The molecule has 1 unspecified atom stereocenters. The summed E-state index contributed by atoms with van der Waals surface area (Å²) in [6.45, 7) is 9.15. The second-order valence-electron chi connectivity index (χ2n) is 6.66. The van der Waals surface area contributed by atoms with Gasteiger partial charge in [-0.25, -0.2) is 0 Å².